The molecule has 3 atom stereocenters. The highest BCUT2D eigenvalue weighted by molar-refractivity contribution is 5.89. The maximum atomic E-state index is 12.4. The van der Waals surface area contributed by atoms with Gasteiger partial charge in [-0.3, -0.25) is 14.9 Å². The standard InChI is InChI=1S/C13H21N3O4/c1-2-8-3-4-16(10(5-8)13(19)20)12(18)9-6-15-11(17)7-14-9/h8-10,14H,2-7H2,1H3,(H,15,17)(H,19,20). The Morgan fingerprint density at radius 3 is 2.75 bits per heavy atom. The van der Waals surface area contributed by atoms with Gasteiger partial charge in [0, 0.05) is 13.1 Å². The molecular weight excluding hydrogens is 262 g/mol. The van der Waals surface area contributed by atoms with Gasteiger partial charge in [0.25, 0.3) is 0 Å². The lowest BCUT2D eigenvalue weighted by molar-refractivity contribution is -0.154. The first-order valence-electron chi connectivity index (χ1n) is 7.06. The molecule has 3 N–H and O–H groups in total. The van der Waals surface area contributed by atoms with Crippen molar-refractivity contribution in [1.29, 1.82) is 0 Å². The summed E-state index contributed by atoms with van der Waals surface area (Å²) in [6.07, 6.45) is 2.28. The largest absolute Gasteiger partial charge is 0.480 e. The van der Waals surface area contributed by atoms with Crippen molar-refractivity contribution in [1.82, 2.24) is 15.5 Å². The number of hydrogen-bond acceptors (Lipinski definition) is 4. The van der Waals surface area contributed by atoms with Crippen LogP contribution in [0, 0.1) is 5.92 Å². The average Bonchev–Trinajstić information content (AvgIpc) is 2.46. The number of rotatable bonds is 3. The van der Waals surface area contributed by atoms with Crippen molar-refractivity contribution >= 4 is 17.8 Å². The van der Waals surface area contributed by atoms with Crippen molar-refractivity contribution in [3.63, 3.8) is 0 Å². The Hall–Kier alpha value is -1.63. The number of likely N-dealkylation sites (tertiary alicyclic amines) is 1. The van der Waals surface area contributed by atoms with Gasteiger partial charge in [-0.15, -0.1) is 0 Å². The molecule has 2 aliphatic rings. The minimum Gasteiger partial charge on any atom is -0.480 e. The third-order valence-corrected chi connectivity index (χ3v) is 4.17. The van der Waals surface area contributed by atoms with Crippen molar-refractivity contribution in [2.75, 3.05) is 19.6 Å². The summed E-state index contributed by atoms with van der Waals surface area (Å²) in [6.45, 7) is 2.83. The van der Waals surface area contributed by atoms with E-state index in [2.05, 4.69) is 10.6 Å². The second-order valence-corrected chi connectivity index (χ2v) is 5.42. The van der Waals surface area contributed by atoms with Crippen LogP contribution in [0.25, 0.3) is 0 Å². The first-order valence-corrected chi connectivity index (χ1v) is 7.06. The molecule has 0 aromatic rings. The molecule has 2 saturated heterocycles. The molecule has 0 spiro atoms. The predicted molar refractivity (Wildman–Crippen MR) is 71.0 cm³/mol. The molecule has 0 radical (unpaired) electrons. The van der Waals surface area contributed by atoms with Gasteiger partial charge in [-0.1, -0.05) is 13.3 Å². The van der Waals surface area contributed by atoms with E-state index < -0.39 is 18.1 Å². The van der Waals surface area contributed by atoms with Crippen LogP contribution in [-0.2, 0) is 14.4 Å². The van der Waals surface area contributed by atoms with Gasteiger partial charge in [0.1, 0.15) is 12.1 Å². The normalized spacial score (nSPS) is 30.8. The molecule has 7 heteroatoms. The zero-order valence-electron chi connectivity index (χ0n) is 11.6. The Morgan fingerprint density at radius 2 is 2.20 bits per heavy atom. The van der Waals surface area contributed by atoms with Gasteiger partial charge in [-0.05, 0) is 18.8 Å². The fraction of sp³-hybridized carbons (Fsp3) is 0.769. The van der Waals surface area contributed by atoms with Crippen LogP contribution in [0.4, 0.5) is 0 Å². The van der Waals surface area contributed by atoms with E-state index in [4.69, 9.17) is 0 Å². The summed E-state index contributed by atoms with van der Waals surface area (Å²) in [6, 6.07) is -1.27. The monoisotopic (exact) mass is 283 g/mol. The quantitative estimate of drug-likeness (QED) is 0.628. The summed E-state index contributed by atoms with van der Waals surface area (Å²) in [5, 5.41) is 14.8. The summed E-state index contributed by atoms with van der Waals surface area (Å²) >= 11 is 0. The Bertz CT molecular complexity index is 402. The number of carbonyl (C=O) groups excluding carboxylic acids is 2. The van der Waals surface area contributed by atoms with Crippen LogP contribution >= 0.6 is 0 Å². The fourth-order valence-electron chi connectivity index (χ4n) is 2.85. The van der Waals surface area contributed by atoms with E-state index in [1.54, 1.807) is 0 Å². The van der Waals surface area contributed by atoms with Gasteiger partial charge in [0.05, 0.1) is 6.54 Å². The van der Waals surface area contributed by atoms with Crippen molar-refractivity contribution < 1.29 is 19.5 Å². The van der Waals surface area contributed by atoms with Crippen LogP contribution in [0.5, 0.6) is 0 Å². The van der Waals surface area contributed by atoms with Gasteiger partial charge in [0.15, 0.2) is 0 Å². The first kappa shape index (κ1) is 14.8. The van der Waals surface area contributed by atoms with Gasteiger partial charge >= 0.3 is 5.97 Å². The maximum absolute atomic E-state index is 12.4. The molecule has 2 aliphatic heterocycles. The predicted octanol–water partition coefficient (Wildman–Crippen LogP) is -0.824. The minimum absolute atomic E-state index is 0.0968. The number of piperazine rings is 1. The van der Waals surface area contributed by atoms with Gasteiger partial charge in [-0.25, -0.2) is 4.79 Å². The highest BCUT2D eigenvalue weighted by Gasteiger charge is 2.38. The highest BCUT2D eigenvalue weighted by atomic mass is 16.4. The fourth-order valence-corrected chi connectivity index (χ4v) is 2.85. The number of piperidine rings is 1. The second-order valence-electron chi connectivity index (χ2n) is 5.42. The number of carbonyl (C=O) groups is 3. The van der Waals surface area contributed by atoms with E-state index in [1.165, 1.54) is 4.90 Å². The highest BCUT2D eigenvalue weighted by Crippen LogP contribution is 2.26. The van der Waals surface area contributed by atoms with Crippen molar-refractivity contribution in [2.45, 2.75) is 38.3 Å². The van der Waals surface area contributed by atoms with Crippen LogP contribution in [0.2, 0.25) is 0 Å². The van der Waals surface area contributed by atoms with E-state index in [0.29, 0.717) is 18.9 Å². The van der Waals surface area contributed by atoms with E-state index in [-0.39, 0.29) is 24.9 Å². The third-order valence-electron chi connectivity index (χ3n) is 4.17. The van der Waals surface area contributed by atoms with Crippen LogP contribution < -0.4 is 10.6 Å². The molecule has 0 aromatic carbocycles. The summed E-state index contributed by atoms with van der Waals surface area (Å²) in [7, 11) is 0. The molecule has 0 saturated carbocycles. The number of aliphatic carboxylic acids is 1. The van der Waals surface area contributed by atoms with E-state index in [9.17, 15) is 19.5 Å². The molecule has 0 bridgehead atoms. The smallest absolute Gasteiger partial charge is 0.326 e. The molecule has 2 heterocycles. The van der Waals surface area contributed by atoms with Crippen LogP contribution in [0.15, 0.2) is 0 Å². The van der Waals surface area contributed by atoms with Gasteiger partial charge in [-0.2, -0.15) is 0 Å². The lowest BCUT2D eigenvalue weighted by Crippen LogP contribution is -2.62. The van der Waals surface area contributed by atoms with Gasteiger partial charge in [0.2, 0.25) is 11.8 Å². The topological polar surface area (TPSA) is 98.7 Å². The SMILES string of the molecule is CCC1CCN(C(=O)C2CNC(=O)CN2)C(C(=O)O)C1. The van der Waals surface area contributed by atoms with Crippen LogP contribution in [0.3, 0.4) is 0 Å². The number of amides is 2. The molecule has 112 valence electrons. The van der Waals surface area contributed by atoms with Crippen LogP contribution in [0.1, 0.15) is 26.2 Å². The molecule has 0 aliphatic carbocycles. The van der Waals surface area contributed by atoms with Crippen molar-refractivity contribution in [2.24, 2.45) is 5.92 Å². The molecule has 2 amide bonds. The minimum atomic E-state index is -0.948. The number of hydrogen-bond donors (Lipinski definition) is 3. The van der Waals surface area contributed by atoms with E-state index in [1.807, 2.05) is 6.92 Å². The first-order chi connectivity index (χ1) is 9.52. The number of nitrogens with zero attached hydrogens (tertiary/aromatic N) is 1. The van der Waals surface area contributed by atoms with Crippen molar-refractivity contribution in [3.05, 3.63) is 0 Å². The Morgan fingerprint density at radius 1 is 1.45 bits per heavy atom. The number of carboxylic acids is 1. The lowest BCUT2D eigenvalue weighted by atomic mass is 9.88. The Kier molecular flexibility index (Phi) is 4.59. The Labute approximate surface area is 117 Å². The molecular formula is C13H21N3O4. The zero-order valence-corrected chi connectivity index (χ0v) is 11.6. The zero-order chi connectivity index (χ0) is 14.7. The molecule has 3 unspecified atom stereocenters. The second kappa shape index (κ2) is 6.21. The van der Waals surface area contributed by atoms with Crippen LogP contribution in [-0.4, -0.2) is 59.5 Å². The molecule has 2 rings (SSSR count). The summed E-state index contributed by atoms with van der Waals surface area (Å²) in [5.41, 5.74) is 0. The lowest BCUT2D eigenvalue weighted by Gasteiger charge is -2.39. The molecule has 0 aromatic heterocycles. The van der Waals surface area contributed by atoms with Gasteiger partial charge < -0.3 is 15.3 Å². The maximum Gasteiger partial charge on any atom is 0.326 e. The molecule has 2 fully saturated rings. The average molecular weight is 283 g/mol. The number of carboxylic acid groups (broad SMARTS) is 1. The third kappa shape index (κ3) is 3.09. The summed E-state index contributed by atoms with van der Waals surface area (Å²) in [5.74, 6) is -0.962. The van der Waals surface area contributed by atoms with E-state index >= 15 is 0 Å². The number of nitrogens with one attached hydrogen (secondary N) is 2. The van der Waals surface area contributed by atoms with Crippen molar-refractivity contribution in [3.8, 4) is 0 Å². The molecule has 7 nitrogen and oxygen atoms in total. The molecule has 20 heavy (non-hydrogen) atoms. The summed E-state index contributed by atoms with van der Waals surface area (Å²) < 4.78 is 0. The Balaban J connectivity index is 2.03. The van der Waals surface area contributed by atoms with E-state index in [0.717, 1.165) is 12.8 Å². The summed E-state index contributed by atoms with van der Waals surface area (Å²) in [4.78, 5) is 36.3.